The molecule has 1 amide bonds. The molecule has 0 spiro atoms. The van der Waals surface area contributed by atoms with Crippen molar-refractivity contribution in [2.24, 2.45) is 5.10 Å². The number of aromatic nitrogens is 1. The number of rotatable bonds is 5. The molecule has 0 aliphatic heterocycles. The summed E-state index contributed by atoms with van der Waals surface area (Å²) in [4.78, 5) is 15.7. The quantitative estimate of drug-likeness (QED) is 0.667. The van der Waals surface area contributed by atoms with Crippen molar-refractivity contribution in [3.63, 3.8) is 0 Å². The maximum atomic E-state index is 11.8. The number of pyridine rings is 1. The van der Waals surface area contributed by atoms with Gasteiger partial charge in [-0.25, -0.2) is 5.43 Å². The van der Waals surface area contributed by atoms with Gasteiger partial charge in [-0.3, -0.25) is 9.78 Å². The molecule has 2 rings (SSSR count). The van der Waals surface area contributed by atoms with Crippen molar-refractivity contribution < 1.29 is 9.53 Å². The summed E-state index contributed by atoms with van der Waals surface area (Å²) in [6.07, 6.45) is 4.66. The van der Waals surface area contributed by atoms with Crippen LogP contribution in [0.15, 0.2) is 52.3 Å². The third kappa shape index (κ3) is 4.68. The summed E-state index contributed by atoms with van der Waals surface area (Å²) in [6.45, 7) is 2.56. The number of ether oxygens (including phenoxy) is 1. The zero-order valence-electron chi connectivity index (χ0n) is 11.4. The molecule has 0 radical (unpaired) electrons. The van der Waals surface area contributed by atoms with E-state index in [0.717, 1.165) is 15.8 Å². The molecule has 0 saturated heterocycles. The van der Waals surface area contributed by atoms with E-state index in [4.69, 9.17) is 4.74 Å². The van der Waals surface area contributed by atoms with Crippen molar-refractivity contribution in [3.8, 4) is 5.75 Å². The molecule has 1 heterocycles. The van der Waals surface area contributed by atoms with Crippen LogP contribution < -0.4 is 10.2 Å². The molecule has 0 unspecified atom stereocenters. The minimum atomic E-state index is -0.314. The molecule has 1 N–H and O–H groups in total. The monoisotopic (exact) mass is 347 g/mol. The van der Waals surface area contributed by atoms with Gasteiger partial charge in [0.05, 0.1) is 18.4 Å². The molecule has 5 nitrogen and oxygen atoms in total. The van der Waals surface area contributed by atoms with Crippen LogP contribution in [0.1, 0.15) is 22.8 Å². The molecule has 0 bridgehead atoms. The Balaban J connectivity index is 1.94. The number of hydrazone groups is 1. The van der Waals surface area contributed by atoms with Crippen molar-refractivity contribution in [3.05, 3.63) is 58.3 Å². The van der Waals surface area contributed by atoms with Gasteiger partial charge in [-0.05, 0) is 58.7 Å². The van der Waals surface area contributed by atoms with Crippen LogP contribution in [0.4, 0.5) is 0 Å². The summed E-state index contributed by atoms with van der Waals surface area (Å²) in [7, 11) is 0. The number of halogens is 1. The highest BCUT2D eigenvalue weighted by Gasteiger charge is 2.04. The van der Waals surface area contributed by atoms with Crippen LogP contribution >= 0.6 is 15.9 Å². The van der Waals surface area contributed by atoms with Crippen LogP contribution in [0, 0.1) is 0 Å². The molecular weight excluding hydrogens is 334 g/mol. The van der Waals surface area contributed by atoms with Crippen LogP contribution in [-0.2, 0) is 0 Å². The van der Waals surface area contributed by atoms with E-state index < -0.39 is 0 Å². The Bertz CT molecular complexity index is 642. The number of nitrogens with one attached hydrogen (secondary N) is 1. The van der Waals surface area contributed by atoms with E-state index in [-0.39, 0.29) is 5.91 Å². The third-order valence-corrected chi connectivity index (χ3v) is 2.97. The summed E-state index contributed by atoms with van der Waals surface area (Å²) in [5.74, 6) is 0.491. The second-order valence-corrected chi connectivity index (χ2v) is 5.01. The Labute approximate surface area is 131 Å². The lowest BCUT2D eigenvalue weighted by atomic mass is 10.2. The highest BCUT2D eigenvalue weighted by atomic mass is 79.9. The van der Waals surface area contributed by atoms with Crippen molar-refractivity contribution in [1.82, 2.24) is 10.4 Å². The second kappa shape index (κ2) is 7.54. The first-order chi connectivity index (χ1) is 10.2. The minimum absolute atomic E-state index is 0.314. The van der Waals surface area contributed by atoms with E-state index in [1.807, 2.05) is 31.2 Å². The summed E-state index contributed by atoms with van der Waals surface area (Å²) < 4.78 is 6.09. The molecule has 6 heteroatoms. The van der Waals surface area contributed by atoms with E-state index in [1.165, 1.54) is 6.20 Å². The predicted molar refractivity (Wildman–Crippen MR) is 84.6 cm³/mol. The van der Waals surface area contributed by atoms with Gasteiger partial charge in [0.15, 0.2) is 0 Å². The Hall–Kier alpha value is -2.21. The molecule has 108 valence electrons. The SMILES string of the molecule is CCOc1ccc(/C=N\NC(=O)c2cncc(Br)c2)cc1. The zero-order chi connectivity index (χ0) is 15.1. The average molecular weight is 348 g/mol. The van der Waals surface area contributed by atoms with Gasteiger partial charge in [-0.1, -0.05) is 0 Å². The van der Waals surface area contributed by atoms with Gasteiger partial charge in [0.1, 0.15) is 5.75 Å². The Morgan fingerprint density at radius 1 is 1.38 bits per heavy atom. The van der Waals surface area contributed by atoms with E-state index >= 15 is 0 Å². The maximum Gasteiger partial charge on any atom is 0.272 e. The van der Waals surface area contributed by atoms with Gasteiger partial charge >= 0.3 is 0 Å². The van der Waals surface area contributed by atoms with Gasteiger partial charge in [0.2, 0.25) is 0 Å². The van der Waals surface area contributed by atoms with Crippen LogP contribution in [0.25, 0.3) is 0 Å². The normalized spacial score (nSPS) is 10.6. The van der Waals surface area contributed by atoms with E-state index in [1.54, 1.807) is 18.5 Å². The van der Waals surface area contributed by atoms with E-state index in [0.29, 0.717) is 12.2 Å². The van der Waals surface area contributed by atoms with Crippen molar-refractivity contribution in [2.45, 2.75) is 6.92 Å². The smallest absolute Gasteiger partial charge is 0.272 e. The molecule has 2 aromatic rings. The predicted octanol–water partition coefficient (Wildman–Crippen LogP) is 3.01. The van der Waals surface area contributed by atoms with Gasteiger partial charge in [-0.15, -0.1) is 0 Å². The minimum Gasteiger partial charge on any atom is -0.494 e. The Morgan fingerprint density at radius 2 is 2.14 bits per heavy atom. The van der Waals surface area contributed by atoms with Crippen LogP contribution in [-0.4, -0.2) is 23.7 Å². The van der Waals surface area contributed by atoms with Crippen molar-refractivity contribution in [2.75, 3.05) is 6.61 Å². The summed E-state index contributed by atoms with van der Waals surface area (Å²) in [5, 5.41) is 3.91. The zero-order valence-corrected chi connectivity index (χ0v) is 13.0. The van der Waals surface area contributed by atoms with Crippen LogP contribution in [0.2, 0.25) is 0 Å². The Kier molecular flexibility index (Phi) is 5.45. The lowest BCUT2D eigenvalue weighted by Gasteiger charge is -2.02. The molecular formula is C15H14BrN3O2. The van der Waals surface area contributed by atoms with Gasteiger partial charge in [0, 0.05) is 16.9 Å². The topological polar surface area (TPSA) is 63.6 Å². The number of nitrogens with zero attached hydrogens (tertiary/aromatic N) is 2. The number of benzene rings is 1. The lowest BCUT2D eigenvalue weighted by Crippen LogP contribution is -2.17. The lowest BCUT2D eigenvalue weighted by molar-refractivity contribution is 0.0954. The van der Waals surface area contributed by atoms with Crippen molar-refractivity contribution >= 4 is 28.1 Å². The summed E-state index contributed by atoms with van der Waals surface area (Å²) in [6, 6.07) is 9.10. The molecule has 1 aromatic carbocycles. The molecule has 0 saturated carbocycles. The first-order valence-corrected chi connectivity index (χ1v) is 7.15. The molecule has 0 atom stereocenters. The number of carbonyl (C=O) groups is 1. The molecule has 0 aliphatic rings. The number of hydrogen-bond acceptors (Lipinski definition) is 4. The first-order valence-electron chi connectivity index (χ1n) is 6.36. The fourth-order valence-electron chi connectivity index (χ4n) is 1.58. The third-order valence-electron chi connectivity index (χ3n) is 2.54. The maximum absolute atomic E-state index is 11.8. The van der Waals surface area contributed by atoms with Gasteiger partial charge in [0.25, 0.3) is 5.91 Å². The fourth-order valence-corrected chi connectivity index (χ4v) is 1.95. The van der Waals surface area contributed by atoms with Gasteiger partial charge in [-0.2, -0.15) is 5.10 Å². The largest absolute Gasteiger partial charge is 0.494 e. The summed E-state index contributed by atoms with van der Waals surface area (Å²) >= 11 is 3.26. The van der Waals surface area contributed by atoms with Crippen molar-refractivity contribution in [1.29, 1.82) is 0 Å². The second-order valence-electron chi connectivity index (χ2n) is 4.09. The van der Waals surface area contributed by atoms with Crippen LogP contribution in [0.5, 0.6) is 5.75 Å². The average Bonchev–Trinajstić information content (AvgIpc) is 2.49. The highest BCUT2D eigenvalue weighted by Crippen LogP contribution is 2.11. The molecule has 21 heavy (non-hydrogen) atoms. The summed E-state index contributed by atoms with van der Waals surface area (Å²) in [5.41, 5.74) is 3.76. The van der Waals surface area contributed by atoms with Crippen LogP contribution in [0.3, 0.4) is 0 Å². The molecule has 0 aliphatic carbocycles. The number of hydrogen-bond donors (Lipinski definition) is 1. The standard InChI is InChI=1S/C15H14BrN3O2/c1-2-21-14-5-3-11(4-6-14)8-18-19-15(20)12-7-13(16)10-17-9-12/h3-10H,2H2,1H3,(H,19,20)/b18-8-. The highest BCUT2D eigenvalue weighted by molar-refractivity contribution is 9.10. The first kappa shape index (κ1) is 15.2. The Morgan fingerprint density at radius 3 is 2.81 bits per heavy atom. The number of amides is 1. The van der Waals surface area contributed by atoms with Gasteiger partial charge < -0.3 is 4.74 Å². The fraction of sp³-hybridized carbons (Fsp3) is 0.133. The van der Waals surface area contributed by atoms with E-state index in [9.17, 15) is 4.79 Å². The molecule has 1 aromatic heterocycles. The molecule has 0 fully saturated rings. The number of carbonyl (C=O) groups excluding carboxylic acids is 1. The van der Waals surface area contributed by atoms with E-state index in [2.05, 4.69) is 31.4 Å².